The number of hydrogen-bond acceptors (Lipinski definition) is 3. The molecule has 0 aliphatic carbocycles. The van der Waals surface area contributed by atoms with E-state index < -0.39 is 6.04 Å². The van der Waals surface area contributed by atoms with E-state index in [0.29, 0.717) is 18.6 Å². The van der Waals surface area contributed by atoms with Gasteiger partial charge in [0.15, 0.2) is 0 Å². The zero-order valence-electron chi connectivity index (χ0n) is 18.9. The number of halogens is 1. The molecule has 0 spiro atoms. The molecule has 0 heterocycles. The molecule has 31 heavy (non-hydrogen) atoms. The Kier molecular flexibility index (Phi) is 10.0. The highest BCUT2D eigenvalue weighted by atomic mass is 32.2. The average molecular weight is 445 g/mol. The number of nitrogens with one attached hydrogen (secondary N) is 1. The Morgan fingerprint density at radius 2 is 1.68 bits per heavy atom. The van der Waals surface area contributed by atoms with E-state index in [1.54, 1.807) is 28.8 Å². The van der Waals surface area contributed by atoms with E-state index in [1.165, 1.54) is 17.7 Å². The maximum absolute atomic E-state index is 13.3. The van der Waals surface area contributed by atoms with Gasteiger partial charge in [0, 0.05) is 29.7 Å². The van der Waals surface area contributed by atoms with Gasteiger partial charge in [0.2, 0.25) is 11.8 Å². The zero-order valence-corrected chi connectivity index (χ0v) is 19.7. The van der Waals surface area contributed by atoms with Gasteiger partial charge in [-0.1, -0.05) is 43.7 Å². The molecule has 0 fully saturated rings. The Labute approximate surface area is 189 Å². The van der Waals surface area contributed by atoms with Crippen LogP contribution in [0.2, 0.25) is 0 Å². The van der Waals surface area contributed by atoms with Crippen LogP contribution in [-0.2, 0) is 16.1 Å². The summed E-state index contributed by atoms with van der Waals surface area (Å²) < 4.78 is 13.3. The molecular formula is C25H33FN2O2S. The Morgan fingerprint density at radius 1 is 1.03 bits per heavy atom. The number of carbonyl (C=O) groups is 2. The highest BCUT2D eigenvalue weighted by Gasteiger charge is 2.29. The van der Waals surface area contributed by atoms with E-state index in [-0.39, 0.29) is 30.2 Å². The first-order valence-corrected chi connectivity index (χ1v) is 11.9. The van der Waals surface area contributed by atoms with Crippen molar-refractivity contribution in [2.24, 2.45) is 0 Å². The van der Waals surface area contributed by atoms with Gasteiger partial charge in [-0.25, -0.2) is 4.39 Å². The zero-order chi connectivity index (χ0) is 22.8. The Balaban J connectivity index is 2.12. The summed E-state index contributed by atoms with van der Waals surface area (Å²) in [5, 5.41) is 3.00. The molecule has 0 saturated heterocycles. The second kappa shape index (κ2) is 12.5. The van der Waals surface area contributed by atoms with Gasteiger partial charge >= 0.3 is 0 Å². The fraction of sp³-hybridized carbons (Fsp3) is 0.440. The summed E-state index contributed by atoms with van der Waals surface area (Å²) in [7, 11) is 0. The number of nitrogens with zero attached hydrogens (tertiary/aromatic N) is 1. The standard InChI is InChI=1S/C25H33FN2O2S/c1-5-19(4)27-25(30)23(6-2)28(17-20-9-11-21(26)12-10-20)24(29)15-16-31-22-13-7-18(3)8-14-22/h7-14,19,23H,5-6,15-17H2,1-4H3,(H,27,30)/t19-,23+/m1/s1. The van der Waals surface area contributed by atoms with Crippen molar-refractivity contribution in [3.05, 3.63) is 65.5 Å². The van der Waals surface area contributed by atoms with E-state index in [0.717, 1.165) is 16.9 Å². The topological polar surface area (TPSA) is 49.4 Å². The molecule has 2 amide bonds. The summed E-state index contributed by atoms with van der Waals surface area (Å²) in [4.78, 5) is 28.8. The SMILES string of the molecule is CC[C@@H](C)NC(=O)[C@H](CC)N(Cc1ccc(F)cc1)C(=O)CCSc1ccc(C)cc1. The van der Waals surface area contributed by atoms with Crippen LogP contribution in [0.1, 0.15) is 51.2 Å². The Hall–Kier alpha value is -2.34. The Bertz CT molecular complexity index is 840. The highest BCUT2D eigenvalue weighted by molar-refractivity contribution is 7.99. The van der Waals surface area contributed by atoms with Crippen LogP contribution in [0, 0.1) is 12.7 Å². The highest BCUT2D eigenvalue weighted by Crippen LogP contribution is 2.21. The van der Waals surface area contributed by atoms with Crippen LogP contribution in [0.15, 0.2) is 53.4 Å². The third-order valence-corrected chi connectivity index (χ3v) is 6.27. The molecule has 2 rings (SSSR count). The second-order valence-corrected chi connectivity index (χ2v) is 8.97. The molecule has 0 radical (unpaired) electrons. The first kappa shape index (κ1) is 24.9. The van der Waals surface area contributed by atoms with Gasteiger partial charge in [-0.05, 0) is 56.5 Å². The van der Waals surface area contributed by atoms with Crippen LogP contribution in [-0.4, -0.2) is 34.6 Å². The average Bonchev–Trinajstić information content (AvgIpc) is 2.76. The van der Waals surface area contributed by atoms with E-state index in [9.17, 15) is 14.0 Å². The van der Waals surface area contributed by atoms with Gasteiger partial charge in [0.25, 0.3) is 0 Å². The summed E-state index contributed by atoms with van der Waals surface area (Å²) in [5.41, 5.74) is 2.00. The van der Waals surface area contributed by atoms with Crippen molar-refractivity contribution in [1.82, 2.24) is 10.2 Å². The number of rotatable bonds is 11. The molecule has 6 heteroatoms. The summed E-state index contributed by atoms with van der Waals surface area (Å²) >= 11 is 1.63. The molecule has 0 aliphatic rings. The maximum atomic E-state index is 13.3. The molecular weight excluding hydrogens is 411 g/mol. The number of carbonyl (C=O) groups excluding carboxylic acids is 2. The van der Waals surface area contributed by atoms with Gasteiger partial charge in [-0.15, -0.1) is 11.8 Å². The van der Waals surface area contributed by atoms with Crippen LogP contribution in [0.5, 0.6) is 0 Å². The lowest BCUT2D eigenvalue weighted by molar-refractivity contribution is -0.141. The van der Waals surface area contributed by atoms with Gasteiger partial charge in [-0.2, -0.15) is 0 Å². The summed E-state index contributed by atoms with van der Waals surface area (Å²) in [6.45, 7) is 8.19. The smallest absolute Gasteiger partial charge is 0.243 e. The first-order valence-electron chi connectivity index (χ1n) is 10.9. The summed E-state index contributed by atoms with van der Waals surface area (Å²) in [6.07, 6.45) is 1.66. The van der Waals surface area contributed by atoms with Crippen molar-refractivity contribution < 1.29 is 14.0 Å². The molecule has 168 valence electrons. The van der Waals surface area contributed by atoms with Gasteiger partial charge in [0.1, 0.15) is 11.9 Å². The maximum Gasteiger partial charge on any atom is 0.243 e. The van der Waals surface area contributed by atoms with Crippen LogP contribution in [0.4, 0.5) is 4.39 Å². The van der Waals surface area contributed by atoms with Crippen molar-refractivity contribution in [2.75, 3.05) is 5.75 Å². The van der Waals surface area contributed by atoms with Crippen molar-refractivity contribution >= 4 is 23.6 Å². The lowest BCUT2D eigenvalue weighted by Crippen LogP contribution is -2.50. The number of amides is 2. The Morgan fingerprint density at radius 3 is 2.26 bits per heavy atom. The molecule has 4 nitrogen and oxygen atoms in total. The molecule has 2 aromatic rings. The lowest BCUT2D eigenvalue weighted by Gasteiger charge is -2.31. The molecule has 2 atom stereocenters. The molecule has 0 unspecified atom stereocenters. The first-order chi connectivity index (χ1) is 14.8. The number of benzene rings is 2. The predicted molar refractivity (Wildman–Crippen MR) is 125 cm³/mol. The van der Waals surface area contributed by atoms with Crippen molar-refractivity contribution in [3.8, 4) is 0 Å². The third kappa shape index (κ3) is 8.02. The monoisotopic (exact) mass is 444 g/mol. The molecule has 2 aromatic carbocycles. The minimum Gasteiger partial charge on any atom is -0.352 e. The fourth-order valence-corrected chi connectivity index (χ4v) is 4.02. The van der Waals surface area contributed by atoms with Crippen molar-refractivity contribution in [3.63, 3.8) is 0 Å². The van der Waals surface area contributed by atoms with Gasteiger partial charge in [-0.3, -0.25) is 9.59 Å². The van der Waals surface area contributed by atoms with E-state index in [4.69, 9.17) is 0 Å². The van der Waals surface area contributed by atoms with Crippen molar-refractivity contribution in [1.29, 1.82) is 0 Å². The van der Waals surface area contributed by atoms with E-state index in [2.05, 4.69) is 29.6 Å². The molecule has 1 N–H and O–H groups in total. The van der Waals surface area contributed by atoms with Crippen LogP contribution >= 0.6 is 11.8 Å². The molecule has 0 bridgehead atoms. The molecule has 0 aliphatic heterocycles. The molecule has 0 saturated carbocycles. The number of hydrogen-bond donors (Lipinski definition) is 1. The normalized spacial score (nSPS) is 12.8. The van der Waals surface area contributed by atoms with E-state index in [1.807, 2.05) is 27.7 Å². The van der Waals surface area contributed by atoms with Crippen LogP contribution < -0.4 is 5.32 Å². The predicted octanol–water partition coefficient (Wildman–Crippen LogP) is 5.34. The van der Waals surface area contributed by atoms with Gasteiger partial charge < -0.3 is 10.2 Å². The quantitative estimate of drug-likeness (QED) is 0.476. The fourth-order valence-electron chi connectivity index (χ4n) is 3.18. The van der Waals surface area contributed by atoms with Crippen LogP contribution in [0.25, 0.3) is 0 Å². The number of aryl methyl sites for hydroxylation is 1. The third-order valence-electron chi connectivity index (χ3n) is 5.26. The second-order valence-electron chi connectivity index (χ2n) is 7.80. The van der Waals surface area contributed by atoms with Crippen molar-refractivity contribution in [2.45, 2.75) is 70.5 Å². The number of thioether (sulfide) groups is 1. The largest absolute Gasteiger partial charge is 0.352 e. The van der Waals surface area contributed by atoms with Crippen LogP contribution in [0.3, 0.4) is 0 Å². The van der Waals surface area contributed by atoms with Gasteiger partial charge in [0.05, 0.1) is 0 Å². The van der Waals surface area contributed by atoms with E-state index >= 15 is 0 Å². The minimum absolute atomic E-state index is 0.0430. The summed E-state index contributed by atoms with van der Waals surface area (Å²) in [6, 6.07) is 13.8. The lowest BCUT2D eigenvalue weighted by atomic mass is 10.1. The summed E-state index contributed by atoms with van der Waals surface area (Å²) in [5.74, 6) is 0.0943. The minimum atomic E-state index is -0.559. The molecule has 0 aromatic heterocycles.